The Balaban J connectivity index is 1.95. The van der Waals surface area contributed by atoms with Gasteiger partial charge in [0.25, 0.3) is 0 Å². The molecular formula is C16H15Br2NO. The number of carbonyl (C=O) groups is 1. The number of halogens is 2. The summed E-state index contributed by atoms with van der Waals surface area (Å²) in [6.45, 7) is 1.99. The van der Waals surface area contributed by atoms with Gasteiger partial charge in [0.05, 0.1) is 12.5 Å². The third-order valence-corrected chi connectivity index (χ3v) is 4.02. The standard InChI is InChI=1S/C16H15Br2NO/c1-11(13-5-7-14(17)8-6-13)19-16(20)10-12-3-2-4-15(18)9-12/h2-9,11H,10H2,1H3,(H,19,20). The van der Waals surface area contributed by atoms with Crippen molar-refractivity contribution in [3.8, 4) is 0 Å². The van der Waals surface area contributed by atoms with Gasteiger partial charge in [0.1, 0.15) is 0 Å². The molecule has 0 fully saturated rings. The Morgan fingerprint density at radius 3 is 2.45 bits per heavy atom. The number of carbonyl (C=O) groups excluding carboxylic acids is 1. The largest absolute Gasteiger partial charge is 0.349 e. The second-order valence-corrected chi connectivity index (χ2v) is 6.48. The summed E-state index contributed by atoms with van der Waals surface area (Å²) in [4.78, 5) is 12.0. The molecule has 0 aliphatic rings. The molecule has 0 spiro atoms. The molecule has 2 rings (SSSR count). The van der Waals surface area contributed by atoms with Crippen molar-refractivity contribution in [1.82, 2.24) is 5.32 Å². The highest BCUT2D eigenvalue weighted by molar-refractivity contribution is 9.10. The molecule has 1 amide bonds. The fraction of sp³-hybridized carbons (Fsp3) is 0.188. The Morgan fingerprint density at radius 1 is 1.10 bits per heavy atom. The van der Waals surface area contributed by atoms with Crippen LogP contribution in [0.4, 0.5) is 0 Å². The van der Waals surface area contributed by atoms with Crippen molar-refractivity contribution in [3.63, 3.8) is 0 Å². The van der Waals surface area contributed by atoms with Gasteiger partial charge in [-0.25, -0.2) is 0 Å². The molecule has 104 valence electrons. The minimum Gasteiger partial charge on any atom is -0.349 e. The van der Waals surface area contributed by atoms with Crippen LogP contribution >= 0.6 is 31.9 Å². The predicted molar refractivity (Wildman–Crippen MR) is 88.5 cm³/mol. The van der Waals surface area contributed by atoms with Crippen molar-refractivity contribution in [2.24, 2.45) is 0 Å². The molecule has 0 saturated carbocycles. The van der Waals surface area contributed by atoms with Crippen molar-refractivity contribution >= 4 is 37.8 Å². The minimum absolute atomic E-state index is 0.00255. The first-order valence-corrected chi connectivity index (χ1v) is 7.92. The zero-order chi connectivity index (χ0) is 14.5. The van der Waals surface area contributed by atoms with Gasteiger partial charge in [0, 0.05) is 8.95 Å². The number of hydrogen-bond acceptors (Lipinski definition) is 1. The number of nitrogens with one attached hydrogen (secondary N) is 1. The van der Waals surface area contributed by atoms with Gasteiger partial charge in [-0.3, -0.25) is 4.79 Å². The van der Waals surface area contributed by atoms with Gasteiger partial charge in [-0.15, -0.1) is 0 Å². The predicted octanol–water partition coefficient (Wildman–Crippen LogP) is 4.63. The Hall–Kier alpha value is -1.13. The van der Waals surface area contributed by atoms with Crippen molar-refractivity contribution in [2.45, 2.75) is 19.4 Å². The van der Waals surface area contributed by atoms with Gasteiger partial charge in [-0.2, -0.15) is 0 Å². The van der Waals surface area contributed by atoms with Crippen LogP contribution in [0.3, 0.4) is 0 Å². The highest BCUT2D eigenvalue weighted by Gasteiger charge is 2.10. The van der Waals surface area contributed by atoms with Crippen molar-refractivity contribution in [3.05, 3.63) is 68.6 Å². The summed E-state index contributed by atoms with van der Waals surface area (Å²) in [5, 5.41) is 3.01. The van der Waals surface area contributed by atoms with E-state index < -0.39 is 0 Å². The molecule has 1 atom stereocenters. The monoisotopic (exact) mass is 395 g/mol. The van der Waals surface area contributed by atoms with Crippen molar-refractivity contribution in [1.29, 1.82) is 0 Å². The van der Waals surface area contributed by atoms with Crippen LogP contribution in [-0.4, -0.2) is 5.91 Å². The highest BCUT2D eigenvalue weighted by atomic mass is 79.9. The van der Waals surface area contributed by atoms with Crippen molar-refractivity contribution in [2.75, 3.05) is 0 Å². The third kappa shape index (κ3) is 4.46. The Bertz CT molecular complexity index is 596. The lowest BCUT2D eigenvalue weighted by Gasteiger charge is -2.14. The maximum atomic E-state index is 12.0. The van der Waals surface area contributed by atoms with Crippen LogP contribution in [0.15, 0.2) is 57.5 Å². The molecule has 0 aliphatic heterocycles. The number of amides is 1. The third-order valence-electron chi connectivity index (χ3n) is 3.00. The van der Waals surface area contributed by atoms with E-state index in [2.05, 4.69) is 37.2 Å². The molecule has 0 radical (unpaired) electrons. The van der Waals surface area contributed by atoms with Crippen molar-refractivity contribution < 1.29 is 4.79 Å². The summed E-state index contributed by atoms with van der Waals surface area (Å²) in [5.74, 6) is 0.0264. The van der Waals surface area contributed by atoms with E-state index >= 15 is 0 Å². The molecule has 2 nitrogen and oxygen atoms in total. The van der Waals surface area contributed by atoms with Crippen LogP contribution in [0.5, 0.6) is 0 Å². The van der Waals surface area contributed by atoms with E-state index in [0.29, 0.717) is 6.42 Å². The van der Waals surface area contributed by atoms with Gasteiger partial charge in [0.15, 0.2) is 0 Å². The SMILES string of the molecule is CC(NC(=O)Cc1cccc(Br)c1)c1ccc(Br)cc1. The second-order valence-electron chi connectivity index (χ2n) is 4.65. The summed E-state index contributed by atoms with van der Waals surface area (Å²) in [7, 11) is 0. The lowest BCUT2D eigenvalue weighted by atomic mass is 10.1. The normalized spacial score (nSPS) is 11.9. The molecule has 0 saturated heterocycles. The quantitative estimate of drug-likeness (QED) is 0.801. The number of rotatable bonds is 4. The number of hydrogen-bond donors (Lipinski definition) is 1. The van der Waals surface area contributed by atoms with Gasteiger partial charge < -0.3 is 5.32 Å². The van der Waals surface area contributed by atoms with Crippen LogP contribution in [0.1, 0.15) is 24.1 Å². The fourth-order valence-corrected chi connectivity index (χ4v) is 2.67. The average Bonchev–Trinajstić information content (AvgIpc) is 2.39. The van der Waals surface area contributed by atoms with Crippen LogP contribution in [0.25, 0.3) is 0 Å². The first-order valence-electron chi connectivity index (χ1n) is 6.34. The Labute approximate surface area is 135 Å². The Kier molecular flexibility index (Phi) is 5.38. The van der Waals surface area contributed by atoms with E-state index in [1.165, 1.54) is 0 Å². The summed E-state index contributed by atoms with van der Waals surface area (Å²) in [5.41, 5.74) is 2.09. The molecule has 0 aromatic heterocycles. The van der Waals surface area contributed by atoms with Gasteiger partial charge in [0.2, 0.25) is 5.91 Å². The van der Waals surface area contributed by atoms with Gasteiger partial charge in [-0.1, -0.05) is 56.1 Å². The van der Waals surface area contributed by atoms with E-state index in [1.807, 2.05) is 55.5 Å². The lowest BCUT2D eigenvalue weighted by Crippen LogP contribution is -2.28. The topological polar surface area (TPSA) is 29.1 Å². The van der Waals surface area contributed by atoms with Crippen LogP contribution in [0.2, 0.25) is 0 Å². The number of benzene rings is 2. The zero-order valence-electron chi connectivity index (χ0n) is 11.1. The fourth-order valence-electron chi connectivity index (χ4n) is 1.96. The molecule has 4 heteroatoms. The summed E-state index contributed by atoms with van der Waals surface area (Å²) in [6, 6.07) is 15.8. The molecular weight excluding hydrogens is 382 g/mol. The Morgan fingerprint density at radius 2 is 1.80 bits per heavy atom. The smallest absolute Gasteiger partial charge is 0.224 e. The second kappa shape index (κ2) is 7.04. The molecule has 1 unspecified atom stereocenters. The van der Waals surface area contributed by atoms with E-state index in [4.69, 9.17) is 0 Å². The van der Waals surface area contributed by atoms with Crippen LogP contribution in [-0.2, 0) is 11.2 Å². The maximum Gasteiger partial charge on any atom is 0.224 e. The molecule has 0 aliphatic carbocycles. The first-order chi connectivity index (χ1) is 9.54. The zero-order valence-corrected chi connectivity index (χ0v) is 14.2. The van der Waals surface area contributed by atoms with Crippen LogP contribution < -0.4 is 5.32 Å². The minimum atomic E-state index is 0.00255. The van der Waals surface area contributed by atoms with Crippen LogP contribution in [0, 0.1) is 0 Å². The highest BCUT2D eigenvalue weighted by Crippen LogP contribution is 2.17. The molecule has 2 aromatic rings. The molecule has 20 heavy (non-hydrogen) atoms. The molecule has 0 heterocycles. The van der Waals surface area contributed by atoms with E-state index in [9.17, 15) is 4.79 Å². The van der Waals surface area contributed by atoms with Gasteiger partial charge in [-0.05, 0) is 42.3 Å². The summed E-state index contributed by atoms with van der Waals surface area (Å²) in [6.07, 6.45) is 0.389. The summed E-state index contributed by atoms with van der Waals surface area (Å²) >= 11 is 6.81. The van der Waals surface area contributed by atoms with E-state index in [1.54, 1.807) is 0 Å². The van der Waals surface area contributed by atoms with E-state index in [-0.39, 0.29) is 11.9 Å². The lowest BCUT2D eigenvalue weighted by molar-refractivity contribution is -0.121. The summed E-state index contributed by atoms with van der Waals surface area (Å²) < 4.78 is 2.03. The molecule has 2 aromatic carbocycles. The molecule has 1 N–H and O–H groups in total. The van der Waals surface area contributed by atoms with Gasteiger partial charge >= 0.3 is 0 Å². The average molecular weight is 397 g/mol. The first kappa shape index (κ1) is 15.3. The maximum absolute atomic E-state index is 12.0. The van der Waals surface area contributed by atoms with E-state index in [0.717, 1.165) is 20.1 Å². The molecule has 0 bridgehead atoms.